The van der Waals surface area contributed by atoms with Crippen LogP contribution >= 0.6 is 0 Å². The molecule has 1 atom stereocenters. The third-order valence-electron chi connectivity index (χ3n) is 2.66. The second-order valence-corrected chi connectivity index (χ2v) is 4.70. The molecule has 0 radical (unpaired) electrons. The molecule has 0 aromatic heterocycles. The molecule has 1 unspecified atom stereocenters. The zero-order valence-corrected chi connectivity index (χ0v) is 11.5. The van der Waals surface area contributed by atoms with E-state index in [1.54, 1.807) is 6.92 Å². The lowest BCUT2D eigenvalue weighted by molar-refractivity contribution is -0.125. The van der Waals surface area contributed by atoms with Crippen LogP contribution in [0.2, 0.25) is 0 Å². The summed E-state index contributed by atoms with van der Waals surface area (Å²) in [5, 5.41) is 2.34. The highest BCUT2D eigenvalue weighted by atomic mass is 19.4. The topological polar surface area (TPSA) is 21.3 Å². The summed E-state index contributed by atoms with van der Waals surface area (Å²) in [5.41, 5.74) is 0. The summed E-state index contributed by atoms with van der Waals surface area (Å²) in [6.07, 6.45) is 2.83. The van der Waals surface area contributed by atoms with E-state index in [9.17, 15) is 13.2 Å². The zero-order chi connectivity index (χ0) is 13.9. The number of alkyl halides is 3. The molecule has 1 N–H and O–H groups in total. The molecule has 0 saturated carbocycles. The third kappa shape index (κ3) is 13.8. The highest BCUT2D eigenvalue weighted by Crippen LogP contribution is 2.12. The molecular weight excluding hydrogens is 243 g/mol. The van der Waals surface area contributed by atoms with Crippen molar-refractivity contribution >= 4 is 0 Å². The van der Waals surface area contributed by atoms with Crippen molar-refractivity contribution in [2.75, 3.05) is 19.7 Å². The van der Waals surface area contributed by atoms with Crippen molar-refractivity contribution < 1.29 is 17.9 Å². The van der Waals surface area contributed by atoms with Gasteiger partial charge < -0.3 is 10.1 Å². The Labute approximate surface area is 108 Å². The summed E-state index contributed by atoms with van der Waals surface area (Å²) in [7, 11) is 0. The molecule has 0 fully saturated rings. The number of ether oxygens (including phenoxy) is 1. The molecule has 0 spiro atoms. The summed E-state index contributed by atoms with van der Waals surface area (Å²) in [6, 6.07) is 0. The van der Waals surface area contributed by atoms with Crippen molar-refractivity contribution in [2.45, 2.75) is 64.7 Å². The van der Waals surface area contributed by atoms with Gasteiger partial charge in [0.2, 0.25) is 0 Å². The van der Waals surface area contributed by atoms with E-state index >= 15 is 0 Å². The van der Waals surface area contributed by atoms with Gasteiger partial charge in [0.1, 0.15) is 0 Å². The maximum Gasteiger partial charge on any atom is 0.401 e. The Kier molecular flexibility index (Phi) is 10.4. The highest BCUT2D eigenvalue weighted by Gasteiger charge is 2.26. The maximum atomic E-state index is 11.9. The molecule has 0 aromatic rings. The summed E-state index contributed by atoms with van der Waals surface area (Å²) in [6.45, 7) is 3.91. The number of hydrogen-bond donors (Lipinski definition) is 1. The molecule has 0 bridgehead atoms. The smallest absolute Gasteiger partial charge is 0.377 e. The molecule has 0 rings (SSSR count). The fourth-order valence-corrected chi connectivity index (χ4v) is 1.64. The van der Waals surface area contributed by atoms with Gasteiger partial charge in [-0.15, -0.1) is 0 Å². The fraction of sp³-hybridized carbons (Fsp3) is 1.00. The molecule has 0 aliphatic carbocycles. The van der Waals surface area contributed by atoms with Crippen molar-refractivity contribution in [2.24, 2.45) is 0 Å². The van der Waals surface area contributed by atoms with Crippen molar-refractivity contribution in [1.82, 2.24) is 5.32 Å². The number of hydrogen-bond acceptors (Lipinski definition) is 2. The molecule has 110 valence electrons. The molecule has 0 aromatic carbocycles. The first-order valence-corrected chi connectivity index (χ1v) is 6.84. The molecule has 0 heterocycles. The molecule has 5 heteroatoms. The van der Waals surface area contributed by atoms with Gasteiger partial charge >= 0.3 is 6.18 Å². The van der Waals surface area contributed by atoms with Crippen molar-refractivity contribution in [3.05, 3.63) is 0 Å². The lowest BCUT2D eigenvalue weighted by Gasteiger charge is -2.15. The van der Waals surface area contributed by atoms with Gasteiger partial charge in [-0.3, -0.25) is 0 Å². The summed E-state index contributed by atoms with van der Waals surface area (Å²) in [5.74, 6) is 0. The lowest BCUT2D eigenvalue weighted by atomic mass is 10.1. The lowest BCUT2D eigenvalue weighted by Crippen LogP contribution is -2.34. The minimum Gasteiger partial charge on any atom is -0.377 e. The Hall–Kier alpha value is -0.290. The maximum absolute atomic E-state index is 11.9. The van der Waals surface area contributed by atoms with Crippen LogP contribution in [0.15, 0.2) is 0 Å². The van der Waals surface area contributed by atoms with Crippen molar-refractivity contribution in [1.29, 1.82) is 0 Å². The van der Waals surface area contributed by atoms with Gasteiger partial charge in [-0.05, 0) is 13.3 Å². The van der Waals surface area contributed by atoms with E-state index in [1.807, 2.05) is 0 Å². The van der Waals surface area contributed by atoms with Crippen LogP contribution in [0.1, 0.15) is 52.4 Å². The Morgan fingerprint density at radius 2 is 1.67 bits per heavy atom. The SMILES string of the molecule is CCCCCCCCOC(C)CNCC(F)(F)F. The summed E-state index contributed by atoms with van der Waals surface area (Å²) in [4.78, 5) is 0. The number of rotatable bonds is 11. The zero-order valence-electron chi connectivity index (χ0n) is 11.5. The first-order chi connectivity index (χ1) is 8.45. The highest BCUT2D eigenvalue weighted by molar-refractivity contribution is 4.60. The molecule has 2 nitrogen and oxygen atoms in total. The molecule has 0 aliphatic rings. The van der Waals surface area contributed by atoms with Crippen LogP contribution < -0.4 is 5.32 Å². The Balaban J connectivity index is 3.24. The first-order valence-electron chi connectivity index (χ1n) is 6.84. The number of unbranched alkanes of at least 4 members (excludes halogenated alkanes) is 5. The second-order valence-electron chi connectivity index (χ2n) is 4.70. The minimum atomic E-state index is -4.14. The minimum absolute atomic E-state index is 0.164. The van der Waals surface area contributed by atoms with Crippen LogP contribution in [0.3, 0.4) is 0 Å². The molecule has 0 aliphatic heterocycles. The van der Waals surface area contributed by atoms with Crippen molar-refractivity contribution in [3.63, 3.8) is 0 Å². The van der Waals surface area contributed by atoms with Gasteiger partial charge in [0, 0.05) is 13.2 Å². The quantitative estimate of drug-likeness (QED) is 0.574. The van der Waals surface area contributed by atoms with E-state index < -0.39 is 12.7 Å². The molecule has 0 saturated heterocycles. The standard InChI is InChI=1S/C13H26F3NO/c1-3-4-5-6-7-8-9-18-12(2)10-17-11-13(14,15)16/h12,17H,3-11H2,1-2H3. The van der Waals surface area contributed by atoms with Gasteiger partial charge in [-0.1, -0.05) is 39.0 Å². The summed E-state index contributed by atoms with van der Waals surface area (Å²) < 4.78 is 41.0. The van der Waals surface area contributed by atoms with E-state index in [-0.39, 0.29) is 12.6 Å². The van der Waals surface area contributed by atoms with Crippen LogP contribution in [-0.2, 0) is 4.74 Å². The predicted molar refractivity (Wildman–Crippen MR) is 67.7 cm³/mol. The average Bonchev–Trinajstić information content (AvgIpc) is 2.26. The van der Waals surface area contributed by atoms with E-state index in [0.29, 0.717) is 6.61 Å². The fourth-order valence-electron chi connectivity index (χ4n) is 1.64. The molecule has 0 amide bonds. The molecular formula is C13H26F3NO. The molecule has 18 heavy (non-hydrogen) atoms. The summed E-state index contributed by atoms with van der Waals surface area (Å²) >= 11 is 0. The van der Waals surface area contributed by atoms with E-state index in [2.05, 4.69) is 12.2 Å². The largest absolute Gasteiger partial charge is 0.401 e. The van der Waals surface area contributed by atoms with Crippen LogP contribution in [0.4, 0.5) is 13.2 Å². The van der Waals surface area contributed by atoms with Gasteiger partial charge in [-0.2, -0.15) is 13.2 Å². The Bertz CT molecular complexity index is 186. The number of halogens is 3. The van der Waals surface area contributed by atoms with Crippen LogP contribution in [0.5, 0.6) is 0 Å². The Morgan fingerprint density at radius 1 is 1.06 bits per heavy atom. The van der Waals surface area contributed by atoms with E-state index in [4.69, 9.17) is 4.74 Å². The monoisotopic (exact) mass is 269 g/mol. The van der Waals surface area contributed by atoms with Crippen molar-refractivity contribution in [3.8, 4) is 0 Å². The normalized spacial score (nSPS) is 13.8. The van der Waals surface area contributed by atoms with Crippen LogP contribution in [0, 0.1) is 0 Å². The van der Waals surface area contributed by atoms with Crippen LogP contribution in [-0.4, -0.2) is 32.0 Å². The predicted octanol–water partition coefficient (Wildman–Crippen LogP) is 3.90. The van der Waals surface area contributed by atoms with Crippen LogP contribution in [0.25, 0.3) is 0 Å². The van der Waals surface area contributed by atoms with Gasteiger partial charge in [-0.25, -0.2) is 0 Å². The van der Waals surface area contributed by atoms with E-state index in [1.165, 1.54) is 25.7 Å². The van der Waals surface area contributed by atoms with Gasteiger partial charge in [0.05, 0.1) is 12.6 Å². The first kappa shape index (κ1) is 17.7. The second kappa shape index (κ2) is 10.6. The number of nitrogens with one attached hydrogen (secondary N) is 1. The Morgan fingerprint density at radius 3 is 2.28 bits per heavy atom. The van der Waals surface area contributed by atoms with Gasteiger partial charge in [0.15, 0.2) is 0 Å². The van der Waals surface area contributed by atoms with Gasteiger partial charge in [0.25, 0.3) is 0 Å². The van der Waals surface area contributed by atoms with E-state index in [0.717, 1.165) is 12.8 Å². The average molecular weight is 269 g/mol. The third-order valence-corrected chi connectivity index (χ3v) is 2.66.